The highest BCUT2D eigenvalue weighted by Gasteiger charge is 2.37. The number of esters is 1. The van der Waals surface area contributed by atoms with E-state index in [9.17, 15) is 9.59 Å². The van der Waals surface area contributed by atoms with Gasteiger partial charge in [-0.05, 0) is 83.2 Å². The topological polar surface area (TPSA) is 71.6 Å². The Hall–Kier alpha value is -2.76. The number of aromatic amines is 1. The lowest BCUT2D eigenvalue weighted by Gasteiger charge is -2.29. The molecule has 0 spiro atoms. The van der Waals surface area contributed by atoms with Gasteiger partial charge in [0.05, 0.1) is 18.8 Å². The first-order valence-corrected chi connectivity index (χ1v) is 10.1. The van der Waals surface area contributed by atoms with Gasteiger partial charge in [0.25, 0.3) is 5.91 Å². The van der Waals surface area contributed by atoms with Gasteiger partial charge in [0.15, 0.2) is 0 Å². The summed E-state index contributed by atoms with van der Waals surface area (Å²) in [6.45, 7) is 9.29. The molecule has 29 heavy (non-hydrogen) atoms. The fourth-order valence-electron chi connectivity index (χ4n) is 3.73. The number of hydrogen-bond acceptors (Lipinski definition) is 4. The molecule has 6 nitrogen and oxygen atoms in total. The maximum atomic E-state index is 13.6. The van der Waals surface area contributed by atoms with E-state index in [4.69, 9.17) is 9.47 Å². The number of carbonyl (C=O) groups excluding carboxylic acids is 2. The lowest BCUT2D eigenvalue weighted by atomic mass is 10.1. The van der Waals surface area contributed by atoms with Crippen molar-refractivity contribution in [2.45, 2.75) is 59.6 Å². The Labute approximate surface area is 172 Å². The Morgan fingerprint density at radius 3 is 2.24 bits per heavy atom. The van der Waals surface area contributed by atoms with Crippen molar-refractivity contribution < 1.29 is 19.1 Å². The number of ether oxygens (including phenoxy) is 2. The van der Waals surface area contributed by atoms with Gasteiger partial charge >= 0.3 is 5.97 Å². The van der Waals surface area contributed by atoms with Gasteiger partial charge in [-0.1, -0.05) is 0 Å². The fraction of sp³-hybridized carbons (Fsp3) is 0.478. The molecule has 0 aliphatic heterocycles. The Morgan fingerprint density at radius 2 is 1.72 bits per heavy atom. The Balaban J connectivity index is 1.98. The maximum Gasteiger partial charge on any atom is 0.340 e. The molecule has 1 heterocycles. The van der Waals surface area contributed by atoms with Gasteiger partial charge in [-0.15, -0.1) is 0 Å². The van der Waals surface area contributed by atoms with Crippen LogP contribution in [0, 0.1) is 19.8 Å². The third kappa shape index (κ3) is 4.31. The van der Waals surface area contributed by atoms with Gasteiger partial charge < -0.3 is 19.4 Å². The number of aromatic nitrogens is 1. The maximum absolute atomic E-state index is 13.6. The Kier molecular flexibility index (Phi) is 6.01. The van der Waals surface area contributed by atoms with E-state index in [0.29, 0.717) is 28.4 Å². The summed E-state index contributed by atoms with van der Waals surface area (Å²) in [4.78, 5) is 31.1. The Morgan fingerprint density at radius 1 is 1.10 bits per heavy atom. The molecule has 3 rings (SSSR count). The molecule has 1 amide bonds. The van der Waals surface area contributed by atoms with Gasteiger partial charge in [-0.2, -0.15) is 0 Å². The normalized spacial score (nSPS) is 14.6. The highest BCUT2D eigenvalue weighted by molar-refractivity contribution is 6.08. The summed E-state index contributed by atoms with van der Waals surface area (Å²) >= 11 is 0. The summed E-state index contributed by atoms with van der Waals surface area (Å²) in [5.41, 5.74) is 2.95. The summed E-state index contributed by atoms with van der Waals surface area (Å²) in [6, 6.07) is 7.56. The second-order valence-electron chi connectivity index (χ2n) is 8.03. The van der Waals surface area contributed by atoms with Crippen molar-refractivity contribution >= 4 is 17.6 Å². The number of hydrogen-bond donors (Lipinski definition) is 1. The van der Waals surface area contributed by atoms with Crippen molar-refractivity contribution in [1.29, 1.82) is 0 Å². The second kappa shape index (κ2) is 8.31. The number of nitrogens with zero attached hydrogens (tertiary/aromatic N) is 1. The summed E-state index contributed by atoms with van der Waals surface area (Å²) in [7, 11) is 1.62. The van der Waals surface area contributed by atoms with E-state index >= 15 is 0 Å². The van der Waals surface area contributed by atoms with Crippen molar-refractivity contribution in [2.75, 3.05) is 12.0 Å². The number of anilines is 1. The zero-order valence-electron chi connectivity index (χ0n) is 18.0. The van der Waals surface area contributed by atoms with E-state index in [1.165, 1.54) is 0 Å². The van der Waals surface area contributed by atoms with Gasteiger partial charge in [0.1, 0.15) is 11.4 Å². The average molecular weight is 399 g/mol. The summed E-state index contributed by atoms with van der Waals surface area (Å²) in [5, 5.41) is 0. The predicted octanol–water partition coefficient (Wildman–Crippen LogP) is 4.65. The van der Waals surface area contributed by atoms with Gasteiger partial charge in [0, 0.05) is 17.4 Å². The minimum absolute atomic E-state index is 0.0602. The monoisotopic (exact) mass is 398 g/mol. The van der Waals surface area contributed by atoms with Crippen molar-refractivity contribution in [1.82, 2.24) is 4.98 Å². The minimum atomic E-state index is -0.406. The van der Waals surface area contributed by atoms with Crippen LogP contribution < -0.4 is 9.64 Å². The van der Waals surface area contributed by atoms with Crippen molar-refractivity contribution in [3.8, 4) is 5.75 Å². The van der Waals surface area contributed by atoms with Crippen LogP contribution in [0.5, 0.6) is 5.75 Å². The van der Waals surface area contributed by atoms with Crippen LogP contribution in [-0.2, 0) is 4.74 Å². The number of benzene rings is 1. The van der Waals surface area contributed by atoms with Crippen LogP contribution in [-0.4, -0.2) is 36.1 Å². The van der Waals surface area contributed by atoms with Crippen LogP contribution in [0.15, 0.2) is 24.3 Å². The molecular formula is C23H30N2O4. The van der Waals surface area contributed by atoms with Crippen LogP contribution in [0.3, 0.4) is 0 Å². The first-order chi connectivity index (χ1) is 13.7. The molecule has 6 heteroatoms. The summed E-state index contributed by atoms with van der Waals surface area (Å²) in [5.74, 6) is 0.684. The van der Waals surface area contributed by atoms with Crippen LogP contribution in [0.25, 0.3) is 0 Å². The number of carbonyl (C=O) groups is 2. The van der Waals surface area contributed by atoms with Crippen LogP contribution >= 0.6 is 0 Å². The second-order valence-corrected chi connectivity index (χ2v) is 8.03. The zero-order valence-corrected chi connectivity index (χ0v) is 18.0. The predicted molar refractivity (Wildman–Crippen MR) is 113 cm³/mol. The number of methoxy groups -OCH3 is 1. The molecule has 1 fully saturated rings. The SMILES string of the molecule is COc1ccc(N(C(=O)c2[nH]c(C)c(C(=O)OC(C)C)c2C)C(C)C2CC2)cc1. The first kappa shape index (κ1) is 21.0. The van der Waals surface area contributed by atoms with E-state index in [-0.39, 0.29) is 18.1 Å². The molecule has 0 radical (unpaired) electrons. The largest absolute Gasteiger partial charge is 0.497 e. The average Bonchev–Trinajstić information content (AvgIpc) is 3.47. The van der Waals surface area contributed by atoms with E-state index in [1.807, 2.05) is 43.0 Å². The molecule has 1 N–H and O–H groups in total. The van der Waals surface area contributed by atoms with E-state index in [1.54, 1.807) is 21.0 Å². The molecule has 1 atom stereocenters. The lowest BCUT2D eigenvalue weighted by Crippen LogP contribution is -2.40. The number of nitrogens with one attached hydrogen (secondary N) is 1. The van der Waals surface area contributed by atoms with Crippen molar-refractivity contribution in [3.05, 3.63) is 46.8 Å². The van der Waals surface area contributed by atoms with Crippen LogP contribution in [0.2, 0.25) is 0 Å². The van der Waals surface area contributed by atoms with Crippen LogP contribution in [0.4, 0.5) is 5.69 Å². The van der Waals surface area contributed by atoms with Gasteiger partial charge in [-0.25, -0.2) is 4.79 Å². The van der Waals surface area contributed by atoms with Gasteiger partial charge in [0.2, 0.25) is 0 Å². The standard InChI is InChI=1S/C23H30N2O4/c1-13(2)29-23(27)20-14(3)21(24-15(20)4)22(26)25(16(5)17-7-8-17)18-9-11-19(28-6)12-10-18/h9-13,16-17,24H,7-8H2,1-6H3. The Bertz CT molecular complexity index is 894. The van der Waals surface area contributed by atoms with Crippen LogP contribution in [0.1, 0.15) is 65.7 Å². The molecule has 0 bridgehead atoms. The highest BCUT2D eigenvalue weighted by atomic mass is 16.5. The molecule has 1 aliphatic carbocycles. The van der Waals surface area contributed by atoms with E-state index in [2.05, 4.69) is 11.9 Å². The number of rotatable bonds is 7. The lowest BCUT2D eigenvalue weighted by molar-refractivity contribution is 0.0376. The third-order valence-corrected chi connectivity index (χ3v) is 5.48. The smallest absolute Gasteiger partial charge is 0.340 e. The fourth-order valence-corrected chi connectivity index (χ4v) is 3.73. The van der Waals surface area contributed by atoms with Crippen molar-refractivity contribution in [3.63, 3.8) is 0 Å². The third-order valence-electron chi connectivity index (χ3n) is 5.48. The number of amides is 1. The summed E-state index contributed by atoms with van der Waals surface area (Å²) < 4.78 is 10.6. The van der Waals surface area contributed by atoms with Crippen molar-refractivity contribution in [2.24, 2.45) is 5.92 Å². The molecule has 156 valence electrons. The van der Waals surface area contributed by atoms with E-state index in [0.717, 1.165) is 24.3 Å². The molecule has 2 aromatic rings. The molecule has 1 aromatic carbocycles. The number of aryl methyl sites for hydroxylation is 1. The van der Waals surface area contributed by atoms with E-state index < -0.39 is 5.97 Å². The molecular weight excluding hydrogens is 368 g/mol. The first-order valence-electron chi connectivity index (χ1n) is 10.1. The molecule has 1 aliphatic rings. The summed E-state index contributed by atoms with van der Waals surface area (Å²) in [6.07, 6.45) is 2.02. The highest BCUT2D eigenvalue weighted by Crippen LogP contribution is 2.38. The quantitative estimate of drug-likeness (QED) is 0.689. The molecule has 1 unspecified atom stereocenters. The zero-order chi connectivity index (χ0) is 21.3. The minimum Gasteiger partial charge on any atom is -0.497 e. The number of H-pyrrole nitrogens is 1. The van der Waals surface area contributed by atoms with Gasteiger partial charge in [-0.3, -0.25) is 4.79 Å². The molecule has 1 aromatic heterocycles. The molecule has 0 saturated heterocycles. The molecule has 1 saturated carbocycles.